The van der Waals surface area contributed by atoms with Crippen LogP contribution in [0.2, 0.25) is 0 Å². The van der Waals surface area contributed by atoms with Crippen LogP contribution in [0, 0.1) is 0 Å². The van der Waals surface area contributed by atoms with Gasteiger partial charge in [0.1, 0.15) is 18.1 Å². The van der Waals surface area contributed by atoms with Gasteiger partial charge in [0.05, 0.1) is 12.9 Å². The zero-order chi connectivity index (χ0) is 16.5. The smallest absolute Gasteiger partial charge is 0.120 e. The van der Waals surface area contributed by atoms with Crippen molar-refractivity contribution in [2.75, 3.05) is 6.61 Å². The molecular formula is C20H22N2O2. The van der Waals surface area contributed by atoms with E-state index >= 15 is 0 Å². The monoisotopic (exact) mass is 322 g/mol. The topological polar surface area (TPSA) is 36.3 Å². The number of nitrogens with zero attached hydrogens (tertiary/aromatic N) is 2. The first-order valence-electron chi connectivity index (χ1n) is 8.25. The van der Waals surface area contributed by atoms with E-state index in [4.69, 9.17) is 9.47 Å². The third kappa shape index (κ3) is 5.16. The number of aromatic nitrogens is 2. The largest absolute Gasteiger partial charge is 0.494 e. The van der Waals surface area contributed by atoms with Crippen LogP contribution in [-0.2, 0) is 13.2 Å². The summed E-state index contributed by atoms with van der Waals surface area (Å²) in [5.41, 5.74) is 1.16. The average molecular weight is 322 g/mol. The maximum Gasteiger partial charge on any atom is 0.120 e. The van der Waals surface area contributed by atoms with Crippen molar-refractivity contribution in [2.24, 2.45) is 0 Å². The minimum atomic E-state index is 0.579. The number of ether oxygens (including phenoxy) is 2. The highest BCUT2D eigenvalue weighted by atomic mass is 16.5. The summed E-state index contributed by atoms with van der Waals surface area (Å²) >= 11 is 0. The molecule has 3 aromatic rings. The van der Waals surface area contributed by atoms with Crippen LogP contribution in [0.5, 0.6) is 11.5 Å². The number of benzene rings is 2. The van der Waals surface area contributed by atoms with Crippen LogP contribution < -0.4 is 9.47 Å². The van der Waals surface area contributed by atoms with Gasteiger partial charge in [-0.1, -0.05) is 30.3 Å². The van der Waals surface area contributed by atoms with Crippen molar-refractivity contribution in [3.05, 3.63) is 78.9 Å². The highest BCUT2D eigenvalue weighted by Crippen LogP contribution is 2.19. The van der Waals surface area contributed by atoms with Crippen LogP contribution in [0.15, 0.2) is 73.3 Å². The molecule has 0 radical (unpaired) electrons. The number of hydrogen-bond donors (Lipinski definition) is 0. The molecule has 0 amide bonds. The summed E-state index contributed by atoms with van der Waals surface area (Å²) in [5.74, 6) is 1.73. The molecule has 0 aliphatic heterocycles. The lowest BCUT2D eigenvalue weighted by Gasteiger charge is -2.09. The van der Waals surface area contributed by atoms with Crippen LogP contribution in [0.1, 0.15) is 18.4 Å². The van der Waals surface area contributed by atoms with Crippen LogP contribution in [0.25, 0.3) is 0 Å². The van der Waals surface area contributed by atoms with E-state index < -0.39 is 0 Å². The van der Waals surface area contributed by atoms with E-state index in [0.29, 0.717) is 6.61 Å². The lowest BCUT2D eigenvalue weighted by Crippen LogP contribution is -2.01. The lowest BCUT2D eigenvalue weighted by atomic mass is 10.2. The van der Waals surface area contributed by atoms with E-state index in [2.05, 4.69) is 21.7 Å². The van der Waals surface area contributed by atoms with Crippen molar-refractivity contribution < 1.29 is 9.47 Å². The summed E-state index contributed by atoms with van der Waals surface area (Å²) in [6.45, 7) is 2.28. The van der Waals surface area contributed by atoms with Gasteiger partial charge in [0, 0.05) is 18.9 Å². The molecular weight excluding hydrogens is 300 g/mol. The van der Waals surface area contributed by atoms with Gasteiger partial charge in [-0.05, 0) is 42.7 Å². The Kier molecular flexibility index (Phi) is 5.89. The average Bonchev–Trinajstić information content (AvgIpc) is 3.15. The Hall–Kier alpha value is -2.75. The molecule has 1 aromatic heterocycles. The lowest BCUT2D eigenvalue weighted by molar-refractivity contribution is 0.296. The Bertz CT molecular complexity index is 694. The maximum atomic E-state index is 5.77. The van der Waals surface area contributed by atoms with E-state index in [-0.39, 0.29) is 0 Å². The molecule has 0 saturated carbocycles. The maximum absolute atomic E-state index is 5.77. The minimum Gasteiger partial charge on any atom is -0.494 e. The quantitative estimate of drug-likeness (QED) is 0.550. The molecule has 1 heterocycles. The molecule has 0 spiro atoms. The normalized spacial score (nSPS) is 10.5. The predicted octanol–water partition coefficient (Wildman–Crippen LogP) is 4.32. The van der Waals surface area contributed by atoms with Crippen LogP contribution in [0.3, 0.4) is 0 Å². The molecule has 0 atom stereocenters. The van der Waals surface area contributed by atoms with Gasteiger partial charge in [0.15, 0.2) is 0 Å². The van der Waals surface area contributed by atoms with Gasteiger partial charge < -0.3 is 14.0 Å². The second kappa shape index (κ2) is 8.77. The molecule has 0 fully saturated rings. The first-order valence-corrected chi connectivity index (χ1v) is 8.25. The molecule has 2 aromatic carbocycles. The molecule has 0 N–H and O–H groups in total. The Morgan fingerprint density at radius 3 is 2.29 bits per heavy atom. The highest BCUT2D eigenvalue weighted by molar-refractivity contribution is 5.31. The second-order valence-electron chi connectivity index (χ2n) is 5.60. The number of unbranched alkanes of at least 4 members (excludes halogenated alkanes) is 1. The Balaban J connectivity index is 1.35. The molecule has 0 saturated heterocycles. The number of hydrogen-bond acceptors (Lipinski definition) is 3. The van der Waals surface area contributed by atoms with Gasteiger partial charge in [-0.15, -0.1) is 0 Å². The molecule has 24 heavy (non-hydrogen) atoms. The molecule has 0 bridgehead atoms. The van der Waals surface area contributed by atoms with Gasteiger partial charge in [-0.2, -0.15) is 0 Å². The second-order valence-corrected chi connectivity index (χ2v) is 5.60. The first-order chi connectivity index (χ1) is 11.9. The molecule has 3 rings (SSSR count). The summed E-state index contributed by atoms with van der Waals surface area (Å²) in [6, 6.07) is 18.0. The molecule has 4 heteroatoms. The number of rotatable bonds is 9. The Labute approximate surface area is 142 Å². The standard InChI is InChI=1S/C20H22N2O2/c1-2-6-18(7-3-1)16-24-20-10-8-19(9-11-20)23-15-5-4-13-22-14-12-21-17-22/h1-3,6-12,14,17H,4-5,13,15-16H2. The van der Waals surface area contributed by atoms with E-state index in [1.165, 1.54) is 0 Å². The first kappa shape index (κ1) is 16.1. The van der Waals surface area contributed by atoms with E-state index in [9.17, 15) is 0 Å². The Morgan fingerprint density at radius 2 is 1.58 bits per heavy atom. The zero-order valence-electron chi connectivity index (χ0n) is 13.7. The minimum absolute atomic E-state index is 0.579. The zero-order valence-corrected chi connectivity index (χ0v) is 13.7. The van der Waals surface area contributed by atoms with E-state index in [0.717, 1.165) is 43.1 Å². The van der Waals surface area contributed by atoms with Crippen molar-refractivity contribution in [1.29, 1.82) is 0 Å². The SMILES string of the molecule is c1ccc(COc2ccc(OCCCCn3ccnc3)cc2)cc1. The van der Waals surface area contributed by atoms with Gasteiger partial charge >= 0.3 is 0 Å². The van der Waals surface area contributed by atoms with Crippen LogP contribution >= 0.6 is 0 Å². The number of aryl methyl sites for hydroxylation is 1. The van der Waals surface area contributed by atoms with E-state index in [1.807, 2.05) is 55.0 Å². The highest BCUT2D eigenvalue weighted by Gasteiger charge is 1.98. The fraction of sp³-hybridized carbons (Fsp3) is 0.250. The summed E-state index contributed by atoms with van der Waals surface area (Å²) in [7, 11) is 0. The van der Waals surface area contributed by atoms with Crippen LogP contribution in [0.4, 0.5) is 0 Å². The van der Waals surface area contributed by atoms with Crippen LogP contribution in [-0.4, -0.2) is 16.2 Å². The van der Waals surface area contributed by atoms with Crippen molar-refractivity contribution in [3.8, 4) is 11.5 Å². The fourth-order valence-corrected chi connectivity index (χ4v) is 2.38. The summed E-state index contributed by atoms with van der Waals surface area (Å²) in [5, 5.41) is 0. The van der Waals surface area contributed by atoms with Crippen molar-refractivity contribution in [1.82, 2.24) is 9.55 Å². The van der Waals surface area contributed by atoms with Crippen molar-refractivity contribution in [2.45, 2.75) is 26.0 Å². The summed E-state index contributed by atoms with van der Waals surface area (Å²) in [6.07, 6.45) is 7.72. The Morgan fingerprint density at radius 1 is 0.833 bits per heavy atom. The molecule has 4 nitrogen and oxygen atoms in total. The fourth-order valence-electron chi connectivity index (χ4n) is 2.38. The van der Waals surface area contributed by atoms with Gasteiger partial charge in [-0.3, -0.25) is 0 Å². The van der Waals surface area contributed by atoms with Crippen molar-refractivity contribution >= 4 is 0 Å². The van der Waals surface area contributed by atoms with Gasteiger partial charge in [0.25, 0.3) is 0 Å². The van der Waals surface area contributed by atoms with Crippen molar-refractivity contribution in [3.63, 3.8) is 0 Å². The molecule has 0 unspecified atom stereocenters. The molecule has 124 valence electrons. The predicted molar refractivity (Wildman–Crippen MR) is 94.2 cm³/mol. The third-order valence-corrected chi connectivity index (χ3v) is 3.71. The molecule has 0 aliphatic carbocycles. The third-order valence-electron chi connectivity index (χ3n) is 3.71. The summed E-state index contributed by atoms with van der Waals surface area (Å²) < 4.78 is 13.6. The molecule has 0 aliphatic rings. The van der Waals surface area contributed by atoms with Gasteiger partial charge in [0.2, 0.25) is 0 Å². The van der Waals surface area contributed by atoms with E-state index in [1.54, 1.807) is 6.20 Å². The summed E-state index contributed by atoms with van der Waals surface area (Å²) in [4.78, 5) is 4.03. The van der Waals surface area contributed by atoms with Gasteiger partial charge in [-0.25, -0.2) is 4.98 Å². The number of imidazole rings is 1.